The van der Waals surface area contributed by atoms with Crippen molar-refractivity contribution in [3.8, 4) is 5.75 Å². The lowest BCUT2D eigenvalue weighted by molar-refractivity contribution is 0.316. The molecule has 1 heterocycles. The first kappa shape index (κ1) is 16.0. The van der Waals surface area contributed by atoms with Crippen LogP contribution in [0.1, 0.15) is 16.6 Å². The molecule has 1 fully saturated rings. The van der Waals surface area contributed by atoms with Gasteiger partial charge in [-0.05, 0) is 24.1 Å². The summed E-state index contributed by atoms with van der Waals surface area (Å²) in [6.07, 6.45) is 1.85. The molecule has 112 valence electrons. The maximum Gasteiger partial charge on any atom is 0.264 e. The molecule has 1 saturated heterocycles. The highest BCUT2D eigenvalue weighted by molar-refractivity contribution is 8.19. The van der Waals surface area contributed by atoms with Crippen LogP contribution in [0.15, 0.2) is 24.3 Å². The van der Waals surface area contributed by atoms with Gasteiger partial charge in [0.1, 0.15) is 5.75 Å². The number of benzene rings is 1. The summed E-state index contributed by atoms with van der Waals surface area (Å²) >= 11 is 3.77. The van der Waals surface area contributed by atoms with Gasteiger partial charge in [0, 0.05) is 11.0 Å². The van der Waals surface area contributed by atoms with E-state index in [9.17, 15) is 8.42 Å². The fraction of sp³-hybridized carbons (Fsp3) is 0.538. The molecule has 1 aromatic rings. The third-order valence-corrected chi connectivity index (χ3v) is 6.90. The molecule has 0 saturated carbocycles. The summed E-state index contributed by atoms with van der Waals surface area (Å²) in [5.41, 5.74) is 1.27. The largest absolute Gasteiger partial charge is 0.497 e. The van der Waals surface area contributed by atoms with Gasteiger partial charge in [-0.25, -0.2) is 0 Å². The quantitative estimate of drug-likeness (QED) is 0.746. The smallest absolute Gasteiger partial charge is 0.264 e. The van der Waals surface area contributed by atoms with Gasteiger partial charge in [0.2, 0.25) is 0 Å². The first-order valence-electron chi connectivity index (χ1n) is 6.23. The van der Waals surface area contributed by atoms with Crippen molar-refractivity contribution in [2.75, 3.05) is 25.7 Å². The van der Waals surface area contributed by atoms with Gasteiger partial charge >= 0.3 is 0 Å². The number of methoxy groups -OCH3 is 1. The number of thioether (sulfide) groups is 2. The van der Waals surface area contributed by atoms with E-state index in [1.807, 2.05) is 35.7 Å². The summed E-state index contributed by atoms with van der Waals surface area (Å²) in [6.45, 7) is 0.270. The van der Waals surface area contributed by atoms with Crippen LogP contribution in [-0.2, 0) is 14.3 Å². The molecule has 20 heavy (non-hydrogen) atoms. The van der Waals surface area contributed by atoms with Crippen LogP contribution < -0.4 is 4.74 Å². The Labute approximate surface area is 128 Å². The third kappa shape index (κ3) is 4.87. The zero-order valence-electron chi connectivity index (χ0n) is 11.4. The Balaban J connectivity index is 1.82. The SMILES string of the molecule is COc1ccc(C2SCC(CCOS(C)(=O)=O)S2)cc1. The fourth-order valence-electron chi connectivity index (χ4n) is 1.87. The van der Waals surface area contributed by atoms with Crippen molar-refractivity contribution in [3.05, 3.63) is 29.8 Å². The molecule has 0 N–H and O–H groups in total. The molecule has 2 unspecified atom stereocenters. The Morgan fingerprint density at radius 2 is 2.00 bits per heavy atom. The number of rotatable bonds is 6. The van der Waals surface area contributed by atoms with E-state index in [2.05, 4.69) is 12.1 Å². The Hall–Kier alpha value is -0.370. The van der Waals surface area contributed by atoms with Gasteiger partial charge in [0.05, 0.1) is 24.6 Å². The minimum atomic E-state index is -3.32. The van der Waals surface area contributed by atoms with Crippen molar-refractivity contribution in [2.45, 2.75) is 16.3 Å². The van der Waals surface area contributed by atoms with Crippen LogP contribution in [0.25, 0.3) is 0 Å². The second-order valence-electron chi connectivity index (χ2n) is 4.51. The van der Waals surface area contributed by atoms with Gasteiger partial charge in [-0.1, -0.05) is 12.1 Å². The Morgan fingerprint density at radius 3 is 2.60 bits per heavy atom. The monoisotopic (exact) mass is 334 g/mol. The molecule has 0 amide bonds. The minimum Gasteiger partial charge on any atom is -0.497 e. The molecule has 7 heteroatoms. The second kappa shape index (κ2) is 7.06. The van der Waals surface area contributed by atoms with E-state index < -0.39 is 10.1 Å². The summed E-state index contributed by atoms with van der Waals surface area (Å²) < 4.78 is 32.2. The maximum atomic E-state index is 10.9. The van der Waals surface area contributed by atoms with Gasteiger partial charge in [0.15, 0.2) is 0 Å². The van der Waals surface area contributed by atoms with Crippen LogP contribution in [0, 0.1) is 0 Å². The van der Waals surface area contributed by atoms with Gasteiger partial charge in [-0.3, -0.25) is 4.18 Å². The molecule has 1 aliphatic rings. The van der Waals surface area contributed by atoms with Crippen molar-refractivity contribution < 1.29 is 17.3 Å². The van der Waals surface area contributed by atoms with Crippen molar-refractivity contribution in [1.82, 2.24) is 0 Å². The van der Waals surface area contributed by atoms with Crippen LogP contribution in [0.2, 0.25) is 0 Å². The summed E-state index contributed by atoms with van der Waals surface area (Å²) in [7, 11) is -1.66. The Bertz CT molecular complexity index is 527. The summed E-state index contributed by atoms with van der Waals surface area (Å²) in [5.74, 6) is 1.88. The van der Waals surface area contributed by atoms with Crippen molar-refractivity contribution >= 4 is 33.6 Å². The van der Waals surface area contributed by atoms with Crippen LogP contribution in [-0.4, -0.2) is 39.4 Å². The normalized spacial score (nSPS) is 22.9. The highest BCUT2D eigenvalue weighted by Crippen LogP contribution is 2.50. The van der Waals surface area contributed by atoms with E-state index in [0.29, 0.717) is 9.83 Å². The van der Waals surface area contributed by atoms with E-state index in [-0.39, 0.29) is 6.61 Å². The summed E-state index contributed by atoms with van der Waals surface area (Å²) in [5, 5.41) is 0.439. The molecule has 4 nitrogen and oxygen atoms in total. The highest BCUT2D eigenvalue weighted by Gasteiger charge is 2.27. The first-order valence-corrected chi connectivity index (χ1v) is 10.0. The van der Waals surface area contributed by atoms with Gasteiger partial charge in [-0.2, -0.15) is 8.42 Å². The van der Waals surface area contributed by atoms with E-state index in [1.165, 1.54) is 5.56 Å². The lowest BCUT2D eigenvalue weighted by atomic mass is 10.2. The zero-order chi connectivity index (χ0) is 14.6. The Kier molecular flexibility index (Phi) is 5.65. The minimum absolute atomic E-state index is 0.270. The van der Waals surface area contributed by atoms with Crippen LogP contribution in [0.4, 0.5) is 0 Å². The predicted octanol–water partition coefficient (Wildman–Crippen LogP) is 2.91. The standard InChI is InChI=1S/C13H18O4S3/c1-16-11-5-3-10(4-6-11)13-18-9-12(19-13)7-8-17-20(2,14)15/h3-6,12-13H,7-9H2,1-2H3. The van der Waals surface area contributed by atoms with Crippen LogP contribution >= 0.6 is 23.5 Å². The molecule has 1 aromatic carbocycles. The van der Waals surface area contributed by atoms with Gasteiger partial charge in [0.25, 0.3) is 10.1 Å². The summed E-state index contributed by atoms with van der Waals surface area (Å²) in [4.78, 5) is 0. The lowest BCUT2D eigenvalue weighted by Crippen LogP contribution is -2.10. The molecule has 0 aromatic heterocycles. The topological polar surface area (TPSA) is 52.6 Å². The van der Waals surface area contributed by atoms with Crippen molar-refractivity contribution in [2.24, 2.45) is 0 Å². The van der Waals surface area contributed by atoms with Gasteiger partial charge < -0.3 is 4.74 Å². The second-order valence-corrected chi connectivity index (χ2v) is 9.00. The molecule has 2 rings (SSSR count). The maximum absolute atomic E-state index is 10.9. The zero-order valence-corrected chi connectivity index (χ0v) is 13.9. The third-order valence-electron chi connectivity index (χ3n) is 2.87. The fourth-order valence-corrected chi connectivity index (χ4v) is 5.64. The average molecular weight is 334 g/mol. The molecule has 0 bridgehead atoms. The molecule has 1 aliphatic heterocycles. The molecule has 0 aliphatic carbocycles. The van der Waals surface area contributed by atoms with E-state index >= 15 is 0 Å². The van der Waals surface area contributed by atoms with E-state index in [1.54, 1.807) is 7.11 Å². The summed E-state index contributed by atoms with van der Waals surface area (Å²) in [6, 6.07) is 8.10. The molecular formula is C13H18O4S3. The van der Waals surface area contributed by atoms with Crippen LogP contribution in [0.3, 0.4) is 0 Å². The molecule has 2 atom stereocenters. The molecular weight excluding hydrogens is 316 g/mol. The highest BCUT2D eigenvalue weighted by atomic mass is 32.2. The predicted molar refractivity (Wildman–Crippen MR) is 85.0 cm³/mol. The first-order chi connectivity index (χ1) is 9.48. The number of hydrogen-bond donors (Lipinski definition) is 0. The number of hydrogen-bond acceptors (Lipinski definition) is 6. The van der Waals surface area contributed by atoms with Crippen LogP contribution in [0.5, 0.6) is 5.75 Å². The van der Waals surface area contributed by atoms with Crippen molar-refractivity contribution in [1.29, 1.82) is 0 Å². The average Bonchev–Trinajstić information content (AvgIpc) is 2.86. The lowest BCUT2D eigenvalue weighted by Gasteiger charge is -2.11. The molecule has 0 radical (unpaired) electrons. The number of ether oxygens (including phenoxy) is 1. The molecule has 0 spiro atoms. The van der Waals surface area contributed by atoms with E-state index in [0.717, 1.165) is 24.2 Å². The van der Waals surface area contributed by atoms with Crippen molar-refractivity contribution in [3.63, 3.8) is 0 Å². The van der Waals surface area contributed by atoms with E-state index in [4.69, 9.17) is 8.92 Å². The van der Waals surface area contributed by atoms with Gasteiger partial charge in [-0.15, -0.1) is 23.5 Å². The Morgan fingerprint density at radius 1 is 1.30 bits per heavy atom.